The lowest BCUT2D eigenvalue weighted by atomic mass is 10.0. The molecule has 0 aromatic heterocycles. The molecule has 0 aliphatic heterocycles. The molecule has 5 heteroatoms. The number of nitrogens with two attached hydrogens (primary N) is 1. The fraction of sp³-hybridized carbons (Fsp3) is 0.400. The molecule has 15 heavy (non-hydrogen) atoms. The fourth-order valence-corrected chi connectivity index (χ4v) is 1.84. The Labute approximate surface area is 86.7 Å². The lowest BCUT2D eigenvalue weighted by Crippen LogP contribution is -2.23. The molecule has 0 spiro atoms. The fourth-order valence-electron chi connectivity index (χ4n) is 1.84. The maximum absolute atomic E-state index is 10.6. The van der Waals surface area contributed by atoms with Crippen LogP contribution in [-0.2, 0) is 5.54 Å². The van der Waals surface area contributed by atoms with Crippen molar-refractivity contribution in [3.63, 3.8) is 0 Å². The van der Waals surface area contributed by atoms with Crippen LogP contribution < -0.4 is 5.73 Å². The van der Waals surface area contributed by atoms with Gasteiger partial charge in [0.2, 0.25) is 0 Å². The minimum Gasteiger partial charge on any atom is -0.396 e. The van der Waals surface area contributed by atoms with Crippen LogP contribution in [0.15, 0.2) is 24.3 Å². The summed E-state index contributed by atoms with van der Waals surface area (Å²) in [7, 11) is 0. The SMILES string of the molecule is NC1(c2cccc([N+](=O)[O-])c2)CC1CO. The van der Waals surface area contributed by atoms with Crippen LogP contribution in [0, 0.1) is 16.0 Å². The molecule has 0 radical (unpaired) electrons. The molecule has 2 unspecified atom stereocenters. The lowest BCUT2D eigenvalue weighted by molar-refractivity contribution is -0.384. The molecule has 0 amide bonds. The summed E-state index contributed by atoms with van der Waals surface area (Å²) >= 11 is 0. The Hall–Kier alpha value is -1.46. The van der Waals surface area contributed by atoms with E-state index in [-0.39, 0.29) is 18.2 Å². The van der Waals surface area contributed by atoms with E-state index in [1.54, 1.807) is 12.1 Å². The predicted molar refractivity (Wildman–Crippen MR) is 54.2 cm³/mol. The van der Waals surface area contributed by atoms with Crippen molar-refractivity contribution in [3.8, 4) is 0 Å². The maximum atomic E-state index is 10.6. The molecule has 1 aromatic rings. The van der Waals surface area contributed by atoms with Gasteiger partial charge in [-0.25, -0.2) is 0 Å². The van der Waals surface area contributed by atoms with Gasteiger partial charge in [-0.05, 0) is 12.0 Å². The van der Waals surface area contributed by atoms with Gasteiger partial charge in [0, 0.05) is 30.2 Å². The molecule has 5 nitrogen and oxygen atoms in total. The van der Waals surface area contributed by atoms with Gasteiger partial charge in [-0.2, -0.15) is 0 Å². The Bertz CT molecular complexity index is 407. The molecule has 0 heterocycles. The number of rotatable bonds is 3. The van der Waals surface area contributed by atoms with Crippen molar-refractivity contribution in [2.75, 3.05) is 6.61 Å². The second-order valence-corrected chi connectivity index (χ2v) is 3.93. The first-order chi connectivity index (χ1) is 7.08. The number of aliphatic hydroxyl groups excluding tert-OH is 1. The normalized spacial score (nSPS) is 28.8. The largest absolute Gasteiger partial charge is 0.396 e. The Kier molecular flexibility index (Phi) is 2.21. The summed E-state index contributed by atoms with van der Waals surface area (Å²) in [6, 6.07) is 6.30. The Morgan fingerprint density at radius 2 is 2.40 bits per heavy atom. The number of hydrogen-bond acceptors (Lipinski definition) is 4. The van der Waals surface area contributed by atoms with Crippen molar-refractivity contribution >= 4 is 5.69 Å². The molecule has 0 saturated heterocycles. The number of nitro benzene ring substituents is 1. The van der Waals surface area contributed by atoms with Crippen molar-refractivity contribution < 1.29 is 10.0 Å². The van der Waals surface area contributed by atoms with Crippen molar-refractivity contribution in [1.29, 1.82) is 0 Å². The smallest absolute Gasteiger partial charge is 0.269 e. The Morgan fingerprint density at radius 1 is 1.67 bits per heavy atom. The van der Waals surface area contributed by atoms with Gasteiger partial charge in [-0.15, -0.1) is 0 Å². The molecule has 1 fully saturated rings. The van der Waals surface area contributed by atoms with E-state index in [9.17, 15) is 10.1 Å². The van der Waals surface area contributed by atoms with Gasteiger partial charge in [0.05, 0.1) is 4.92 Å². The zero-order chi connectivity index (χ0) is 11.1. The topological polar surface area (TPSA) is 89.4 Å². The minimum absolute atomic E-state index is 0.0270. The molecular weight excluding hydrogens is 196 g/mol. The second kappa shape index (κ2) is 3.29. The van der Waals surface area contributed by atoms with Crippen molar-refractivity contribution in [1.82, 2.24) is 0 Å². The molecule has 1 saturated carbocycles. The summed E-state index contributed by atoms with van der Waals surface area (Å²) in [6.07, 6.45) is 0.685. The van der Waals surface area contributed by atoms with Crippen LogP contribution >= 0.6 is 0 Å². The number of hydrogen-bond donors (Lipinski definition) is 2. The van der Waals surface area contributed by atoms with Gasteiger partial charge in [0.25, 0.3) is 5.69 Å². The minimum atomic E-state index is -0.569. The zero-order valence-corrected chi connectivity index (χ0v) is 8.09. The molecule has 80 valence electrons. The first-order valence-electron chi connectivity index (χ1n) is 4.72. The molecule has 0 bridgehead atoms. The number of aliphatic hydroxyl groups is 1. The summed E-state index contributed by atoms with van der Waals surface area (Å²) in [4.78, 5) is 10.1. The summed E-state index contributed by atoms with van der Waals surface area (Å²) in [5.74, 6) is 0.0273. The molecular formula is C10H12N2O3. The van der Waals surface area contributed by atoms with Crippen LogP contribution in [0.3, 0.4) is 0 Å². The van der Waals surface area contributed by atoms with Crippen LogP contribution in [0.4, 0.5) is 5.69 Å². The van der Waals surface area contributed by atoms with Gasteiger partial charge < -0.3 is 10.8 Å². The van der Waals surface area contributed by atoms with Crippen LogP contribution in [-0.4, -0.2) is 16.6 Å². The third-order valence-corrected chi connectivity index (χ3v) is 2.97. The van der Waals surface area contributed by atoms with E-state index in [1.807, 2.05) is 0 Å². The van der Waals surface area contributed by atoms with E-state index in [1.165, 1.54) is 12.1 Å². The number of benzene rings is 1. The van der Waals surface area contributed by atoms with Crippen molar-refractivity contribution in [3.05, 3.63) is 39.9 Å². The monoisotopic (exact) mass is 208 g/mol. The number of nitrogens with zero attached hydrogens (tertiary/aromatic N) is 1. The first kappa shape index (κ1) is 10.1. The van der Waals surface area contributed by atoms with Crippen LogP contribution in [0.5, 0.6) is 0 Å². The lowest BCUT2D eigenvalue weighted by Gasteiger charge is -2.10. The average Bonchev–Trinajstić information content (AvgIpc) is 2.92. The standard InChI is InChI=1S/C10H12N2O3/c11-10(5-8(10)6-13)7-2-1-3-9(4-7)12(14)15/h1-4,8,13H,5-6,11H2. The van der Waals surface area contributed by atoms with E-state index >= 15 is 0 Å². The summed E-state index contributed by atoms with van der Waals surface area (Å²) in [5.41, 5.74) is 6.22. The highest BCUT2D eigenvalue weighted by atomic mass is 16.6. The van der Waals surface area contributed by atoms with Gasteiger partial charge in [-0.1, -0.05) is 12.1 Å². The quantitative estimate of drug-likeness (QED) is 0.567. The van der Waals surface area contributed by atoms with E-state index in [2.05, 4.69) is 0 Å². The summed E-state index contributed by atoms with van der Waals surface area (Å²) < 4.78 is 0. The summed E-state index contributed by atoms with van der Waals surface area (Å²) in [5, 5.41) is 19.5. The molecule has 1 aliphatic carbocycles. The second-order valence-electron chi connectivity index (χ2n) is 3.93. The third kappa shape index (κ3) is 1.60. The molecule has 1 aliphatic rings. The van der Waals surface area contributed by atoms with Gasteiger partial charge >= 0.3 is 0 Å². The van der Waals surface area contributed by atoms with Crippen LogP contribution in [0.2, 0.25) is 0 Å². The van der Waals surface area contributed by atoms with Crippen LogP contribution in [0.25, 0.3) is 0 Å². The summed E-state index contributed by atoms with van der Waals surface area (Å²) in [6.45, 7) is 0.0270. The van der Waals surface area contributed by atoms with E-state index in [0.29, 0.717) is 6.42 Å². The van der Waals surface area contributed by atoms with Crippen molar-refractivity contribution in [2.24, 2.45) is 11.7 Å². The zero-order valence-electron chi connectivity index (χ0n) is 8.09. The van der Waals surface area contributed by atoms with E-state index in [4.69, 9.17) is 10.8 Å². The van der Waals surface area contributed by atoms with Gasteiger partial charge in [-0.3, -0.25) is 10.1 Å². The number of nitro groups is 1. The third-order valence-electron chi connectivity index (χ3n) is 2.97. The Balaban J connectivity index is 2.31. The highest BCUT2D eigenvalue weighted by molar-refractivity contribution is 5.41. The van der Waals surface area contributed by atoms with Crippen LogP contribution in [0.1, 0.15) is 12.0 Å². The molecule has 2 atom stereocenters. The van der Waals surface area contributed by atoms with Gasteiger partial charge in [0.1, 0.15) is 0 Å². The highest BCUT2D eigenvalue weighted by Gasteiger charge is 2.52. The average molecular weight is 208 g/mol. The highest BCUT2D eigenvalue weighted by Crippen LogP contribution is 2.49. The van der Waals surface area contributed by atoms with Gasteiger partial charge in [0.15, 0.2) is 0 Å². The first-order valence-corrected chi connectivity index (χ1v) is 4.72. The maximum Gasteiger partial charge on any atom is 0.269 e. The van der Waals surface area contributed by atoms with Crippen molar-refractivity contribution in [2.45, 2.75) is 12.0 Å². The predicted octanol–water partition coefficient (Wildman–Crippen LogP) is 0.761. The van der Waals surface area contributed by atoms with E-state index < -0.39 is 10.5 Å². The van der Waals surface area contributed by atoms with E-state index in [0.717, 1.165) is 5.56 Å². The Morgan fingerprint density at radius 3 is 2.93 bits per heavy atom. The molecule has 2 rings (SSSR count). The molecule has 3 N–H and O–H groups in total. The number of non-ortho nitro benzene ring substituents is 1. The molecule has 1 aromatic carbocycles.